The maximum absolute atomic E-state index is 12.8. The highest BCUT2D eigenvalue weighted by atomic mass is 35.5. The lowest BCUT2D eigenvalue weighted by molar-refractivity contribution is -0.116. The molecule has 1 fully saturated rings. The monoisotopic (exact) mass is 393 g/mol. The molecule has 5 rings (SSSR count). The van der Waals surface area contributed by atoms with E-state index in [-0.39, 0.29) is 25.7 Å². The largest absolute Gasteiger partial charge is 0.345 e. The zero-order chi connectivity index (χ0) is 19.3. The van der Waals surface area contributed by atoms with Crippen molar-refractivity contribution in [1.29, 1.82) is 0 Å². The van der Waals surface area contributed by atoms with Gasteiger partial charge in [-0.15, -0.1) is 0 Å². The number of benzene rings is 2. The predicted molar refractivity (Wildman–Crippen MR) is 111 cm³/mol. The number of fused-ring (bicyclic) bond motifs is 2. The van der Waals surface area contributed by atoms with E-state index in [1.165, 1.54) is 12.8 Å². The summed E-state index contributed by atoms with van der Waals surface area (Å²) >= 11 is 6.43. The van der Waals surface area contributed by atoms with Gasteiger partial charge in [-0.1, -0.05) is 29.8 Å². The van der Waals surface area contributed by atoms with Crippen molar-refractivity contribution >= 4 is 40.0 Å². The molecule has 2 N–H and O–H groups in total. The Balaban J connectivity index is 0.00000205. The van der Waals surface area contributed by atoms with E-state index in [2.05, 4.69) is 15.6 Å². The van der Waals surface area contributed by atoms with Crippen LogP contribution < -0.4 is 10.6 Å². The van der Waals surface area contributed by atoms with Crippen LogP contribution in [0.1, 0.15) is 54.1 Å². The Bertz CT molecular complexity index is 1130. The van der Waals surface area contributed by atoms with Gasteiger partial charge in [0, 0.05) is 23.7 Å². The number of hydrogen-bond donors (Lipinski definition) is 2. The van der Waals surface area contributed by atoms with Gasteiger partial charge < -0.3 is 10.6 Å². The van der Waals surface area contributed by atoms with E-state index < -0.39 is 0 Å². The Morgan fingerprint density at radius 2 is 2.00 bits per heavy atom. The highest BCUT2D eigenvalue weighted by molar-refractivity contribution is 6.32. The minimum absolute atomic E-state index is 0. The first-order valence-electron chi connectivity index (χ1n) is 9.37. The fourth-order valence-corrected chi connectivity index (χ4v) is 4.10. The highest BCUT2D eigenvalue weighted by Gasteiger charge is 2.28. The maximum atomic E-state index is 12.8. The van der Waals surface area contributed by atoms with Crippen molar-refractivity contribution in [3.8, 4) is 0 Å². The van der Waals surface area contributed by atoms with Gasteiger partial charge in [-0.3, -0.25) is 14.6 Å². The molecule has 0 radical (unpaired) electrons. The molecule has 0 spiro atoms. The predicted octanol–water partition coefficient (Wildman–Crippen LogP) is 4.82. The molecule has 2 aliphatic rings. The number of halogens is 1. The van der Waals surface area contributed by atoms with E-state index in [1.807, 2.05) is 36.4 Å². The van der Waals surface area contributed by atoms with Crippen LogP contribution in [0.25, 0.3) is 10.9 Å². The molecule has 28 heavy (non-hydrogen) atoms. The van der Waals surface area contributed by atoms with Crippen LogP contribution in [0, 0.1) is 0 Å². The fraction of sp³-hybridized carbons (Fsp3) is 0.227. The lowest BCUT2D eigenvalue weighted by Gasteiger charge is -2.26. The summed E-state index contributed by atoms with van der Waals surface area (Å²) in [7, 11) is 0. The topological polar surface area (TPSA) is 71.1 Å². The molecular weight excluding hydrogens is 374 g/mol. The van der Waals surface area contributed by atoms with Gasteiger partial charge >= 0.3 is 0 Å². The van der Waals surface area contributed by atoms with E-state index in [0.717, 1.165) is 32.7 Å². The van der Waals surface area contributed by atoms with E-state index in [1.54, 1.807) is 12.3 Å². The minimum atomic E-state index is -0.367. The van der Waals surface area contributed by atoms with Crippen LogP contribution in [-0.2, 0) is 4.79 Å². The Morgan fingerprint density at radius 3 is 2.82 bits per heavy atom. The van der Waals surface area contributed by atoms with Crippen LogP contribution in [-0.4, -0.2) is 16.8 Å². The summed E-state index contributed by atoms with van der Waals surface area (Å²) in [5.74, 6) is 0.172. The molecule has 3 aromatic rings. The zero-order valence-electron chi connectivity index (χ0n) is 15.0. The number of carbonyl (C=O) groups is 2. The molecule has 5 nitrogen and oxygen atoms in total. The summed E-state index contributed by atoms with van der Waals surface area (Å²) in [6.07, 6.45) is 4.13. The van der Waals surface area contributed by atoms with Crippen molar-refractivity contribution in [2.45, 2.75) is 31.2 Å². The van der Waals surface area contributed by atoms with E-state index in [0.29, 0.717) is 11.5 Å². The second-order valence-electron chi connectivity index (χ2n) is 7.43. The maximum Gasteiger partial charge on any atom is 0.253 e. The first-order valence-corrected chi connectivity index (χ1v) is 9.75. The number of rotatable bonds is 3. The summed E-state index contributed by atoms with van der Waals surface area (Å²) in [5.41, 5.74) is 4.07. The van der Waals surface area contributed by atoms with Gasteiger partial charge in [-0.25, -0.2) is 0 Å². The van der Waals surface area contributed by atoms with Gasteiger partial charge in [0.15, 0.2) is 0 Å². The molecule has 2 amide bonds. The zero-order valence-corrected chi connectivity index (χ0v) is 15.8. The lowest BCUT2D eigenvalue weighted by Crippen LogP contribution is -2.35. The van der Waals surface area contributed by atoms with Crippen molar-refractivity contribution in [2.24, 2.45) is 0 Å². The number of nitrogens with zero attached hydrogens (tertiary/aromatic N) is 1. The molecule has 6 heteroatoms. The van der Waals surface area contributed by atoms with Gasteiger partial charge in [-0.2, -0.15) is 0 Å². The van der Waals surface area contributed by atoms with Crippen molar-refractivity contribution in [1.82, 2.24) is 10.3 Å². The summed E-state index contributed by atoms with van der Waals surface area (Å²) in [4.78, 5) is 29.3. The molecule has 1 unspecified atom stereocenters. The Hall–Kier alpha value is -2.92. The first kappa shape index (κ1) is 17.2. The number of aromatic nitrogens is 1. The van der Waals surface area contributed by atoms with Gasteiger partial charge in [0.05, 0.1) is 23.5 Å². The van der Waals surface area contributed by atoms with E-state index in [9.17, 15) is 9.59 Å². The summed E-state index contributed by atoms with van der Waals surface area (Å²) < 4.78 is 0. The Kier molecular flexibility index (Phi) is 4.05. The van der Waals surface area contributed by atoms with Crippen LogP contribution in [0.15, 0.2) is 48.7 Å². The van der Waals surface area contributed by atoms with E-state index in [4.69, 9.17) is 11.6 Å². The molecule has 1 aliphatic heterocycles. The second kappa shape index (κ2) is 6.60. The van der Waals surface area contributed by atoms with Gasteiger partial charge in [0.25, 0.3) is 5.91 Å². The molecule has 1 saturated carbocycles. The highest BCUT2D eigenvalue weighted by Crippen LogP contribution is 2.44. The Morgan fingerprint density at radius 1 is 1.18 bits per heavy atom. The number of pyridine rings is 1. The average Bonchev–Trinajstić information content (AvgIpc) is 3.52. The van der Waals surface area contributed by atoms with Crippen molar-refractivity contribution < 1.29 is 11.0 Å². The second-order valence-corrected chi connectivity index (χ2v) is 7.84. The quantitative estimate of drug-likeness (QED) is 0.669. The van der Waals surface area contributed by atoms with Crippen molar-refractivity contribution in [3.63, 3.8) is 0 Å². The third-order valence-corrected chi connectivity index (χ3v) is 5.71. The normalized spacial score (nSPS) is 18.5. The SMILES string of the molecule is O=C1CC(NC(=O)c2cnc3cc(C4CC4)c(Cl)cc3c2)c2ccccc2N1.[HH]. The summed E-state index contributed by atoms with van der Waals surface area (Å²) in [5, 5.41) is 7.37. The van der Waals surface area contributed by atoms with Crippen molar-refractivity contribution in [3.05, 3.63) is 70.4 Å². The van der Waals surface area contributed by atoms with E-state index >= 15 is 0 Å². The average molecular weight is 394 g/mol. The molecule has 1 aliphatic carbocycles. The Labute approximate surface area is 168 Å². The van der Waals surface area contributed by atoms with Gasteiger partial charge in [0.1, 0.15) is 0 Å². The van der Waals surface area contributed by atoms with Crippen LogP contribution >= 0.6 is 11.6 Å². The van der Waals surface area contributed by atoms with Gasteiger partial charge in [-0.05, 0) is 54.2 Å². The molecule has 1 atom stereocenters. The number of hydrogen-bond acceptors (Lipinski definition) is 3. The molecule has 2 heterocycles. The fourth-order valence-electron chi connectivity index (χ4n) is 3.78. The number of carbonyl (C=O) groups excluding carboxylic acids is 2. The third kappa shape index (κ3) is 3.12. The number of anilines is 1. The summed E-state index contributed by atoms with van der Waals surface area (Å²) in [6.45, 7) is 0. The lowest BCUT2D eigenvalue weighted by atomic mass is 9.97. The smallest absolute Gasteiger partial charge is 0.253 e. The first-order chi connectivity index (χ1) is 13.6. The molecule has 1 aromatic heterocycles. The summed E-state index contributed by atoms with van der Waals surface area (Å²) in [6, 6.07) is 12.8. The standard InChI is InChI=1S/C22H18ClN3O2.H2/c23-17-8-13-7-14(11-24-19(13)9-16(17)12-5-6-12)22(28)26-20-10-21(27)25-18-4-2-1-3-15(18)20;/h1-4,7-9,11-12,20H,5-6,10H2,(H,25,27)(H,26,28);1H. The van der Waals surface area contributed by atoms with Crippen molar-refractivity contribution in [2.75, 3.05) is 5.32 Å². The van der Waals surface area contributed by atoms with Gasteiger partial charge in [0.2, 0.25) is 5.91 Å². The number of para-hydroxylation sites is 1. The number of amides is 2. The van der Waals surface area contributed by atoms with Crippen LogP contribution in [0.4, 0.5) is 5.69 Å². The minimum Gasteiger partial charge on any atom is -0.345 e. The molecule has 0 bridgehead atoms. The molecule has 2 aromatic carbocycles. The molecule has 142 valence electrons. The van der Waals surface area contributed by atoms with Crippen LogP contribution in [0.3, 0.4) is 0 Å². The van der Waals surface area contributed by atoms with Crippen LogP contribution in [0.5, 0.6) is 0 Å². The molecular formula is C22H20ClN3O2. The third-order valence-electron chi connectivity index (χ3n) is 5.38. The van der Waals surface area contributed by atoms with Crippen LogP contribution in [0.2, 0.25) is 5.02 Å². The molecule has 0 saturated heterocycles. The number of nitrogens with one attached hydrogen (secondary N) is 2.